The van der Waals surface area contributed by atoms with E-state index < -0.39 is 6.04 Å². The number of rotatable bonds is 5. The minimum atomic E-state index is -0.491. The number of anilines is 1. The first kappa shape index (κ1) is 18.6. The highest BCUT2D eigenvalue weighted by Gasteiger charge is 2.53. The lowest BCUT2D eigenvalue weighted by Gasteiger charge is -2.31. The highest BCUT2D eigenvalue weighted by Crippen LogP contribution is 2.47. The Bertz CT molecular complexity index is 741. The van der Waals surface area contributed by atoms with Crippen LogP contribution in [0, 0.1) is 0 Å². The van der Waals surface area contributed by atoms with Crippen molar-refractivity contribution in [3.8, 4) is 5.75 Å². The van der Waals surface area contributed by atoms with Crippen molar-refractivity contribution in [2.75, 3.05) is 31.8 Å². The van der Waals surface area contributed by atoms with Crippen LogP contribution in [0.15, 0.2) is 24.3 Å². The monoisotopic (exact) mass is 377 g/mol. The number of nitrogens with one attached hydrogen (secondary N) is 1. The van der Waals surface area contributed by atoms with Gasteiger partial charge in [0.25, 0.3) is 0 Å². The molecule has 0 radical (unpaired) electrons. The van der Waals surface area contributed by atoms with Gasteiger partial charge in [0, 0.05) is 31.0 Å². The van der Waals surface area contributed by atoms with Gasteiger partial charge < -0.3 is 19.9 Å². The first-order valence-corrected chi connectivity index (χ1v) is 9.47. The topological polar surface area (TPSA) is 79.0 Å². The molecule has 26 heavy (non-hydrogen) atoms. The Morgan fingerprint density at radius 2 is 2.23 bits per heavy atom. The maximum absolute atomic E-state index is 12.8. The molecule has 140 valence electrons. The van der Waals surface area contributed by atoms with Gasteiger partial charge in [0.2, 0.25) is 17.7 Å². The van der Waals surface area contributed by atoms with E-state index in [0.717, 1.165) is 6.42 Å². The number of nitrogens with zero attached hydrogens (tertiary/aromatic N) is 2. The molecule has 0 aliphatic carbocycles. The highest BCUT2D eigenvalue weighted by atomic mass is 32.2. The van der Waals surface area contributed by atoms with Gasteiger partial charge in [-0.15, -0.1) is 11.8 Å². The Morgan fingerprint density at radius 1 is 1.46 bits per heavy atom. The van der Waals surface area contributed by atoms with Crippen LogP contribution in [-0.2, 0) is 14.4 Å². The summed E-state index contributed by atoms with van der Waals surface area (Å²) in [7, 11) is 3.15. The molecule has 2 unspecified atom stereocenters. The predicted molar refractivity (Wildman–Crippen MR) is 100.0 cm³/mol. The molecule has 0 spiro atoms. The van der Waals surface area contributed by atoms with E-state index in [0.29, 0.717) is 23.6 Å². The maximum atomic E-state index is 12.8. The number of methoxy groups -OCH3 is 1. The van der Waals surface area contributed by atoms with Crippen molar-refractivity contribution in [1.82, 2.24) is 9.80 Å². The normalized spacial score (nSPS) is 24.3. The molecule has 0 bridgehead atoms. The minimum absolute atomic E-state index is 0.0186. The second-order valence-electron chi connectivity index (χ2n) is 6.74. The van der Waals surface area contributed by atoms with E-state index in [1.807, 2.05) is 6.92 Å². The Labute approximate surface area is 157 Å². The molecule has 0 saturated carbocycles. The van der Waals surface area contributed by atoms with E-state index in [2.05, 4.69) is 5.32 Å². The third-order valence-corrected chi connectivity index (χ3v) is 6.35. The fourth-order valence-corrected chi connectivity index (χ4v) is 4.88. The molecule has 8 heteroatoms. The summed E-state index contributed by atoms with van der Waals surface area (Å²) in [5.74, 6) is 0.739. The SMILES string of the molecule is COc1cccc(NC(=O)CN(C)C(=O)C2CSC3(C)CCC(=O)N23)c1. The Balaban J connectivity index is 1.60. The molecular weight excluding hydrogens is 354 g/mol. The van der Waals surface area contributed by atoms with Gasteiger partial charge in [0.1, 0.15) is 11.8 Å². The Hall–Kier alpha value is -2.22. The molecule has 7 nitrogen and oxygen atoms in total. The first-order valence-electron chi connectivity index (χ1n) is 8.49. The molecule has 3 rings (SSSR count). The fourth-order valence-electron chi connectivity index (χ4n) is 3.45. The van der Waals surface area contributed by atoms with Gasteiger partial charge in [0.05, 0.1) is 18.5 Å². The summed E-state index contributed by atoms with van der Waals surface area (Å²) in [6, 6.07) is 6.53. The number of fused-ring (bicyclic) bond motifs is 1. The van der Waals surface area contributed by atoms with E-state index in [1.165, 1.54) is 4.90 Å². The number of carbonyl (C=O) groups excluding carboxylic acids is 3. The van der Waals surface area contributed by atoms with E-state index in [4.69, 9.17) is 4.74 Å². The third-order valence-electron chi connectivity index (χ3n) is 4.84. The molecule has 1 N–H and O–H groups in total. The van der Waals surface area contributed by atoms with E-state index in [1.54, 1.807) is 55.1 Å². The summed E-state index contributed by atoms with van der Waals surface area (Å²) in [6.45, 7) is 1.93. The van der Waals surface area contributed by atoms with Gasteiger partial charge in [0.15, 0.2) is 0 Å². The lowest BCUT2D eigenvalue weighted by atomic mass is 10.2. The summed E-state index contributed by atoms with van der Waals surface area (Å²) in [5.41, 5.74) is 0.605. The molecule has 2 saturated heterocycles. The number of ether oxygens (including phenoxy) is 1. The third kappa shape index (κ3) is 3.51. The summed E-state index contributed by atoms with van der Waals surface area (Å²) in [6.07, 6.45) is 1.24. The Morgan fingerprint density at radius 3 is 2.96 bits per heavy atom. The maximum Gasteiger partial charge on any atom is 0.246 e. The van der Waals surface area contributed by atoms with Gasteiger partial charge in [-0.25, -0.2) is 0 Å². The number of carbonyl (C=O) groups is 3. The van der Waals surface area contributed by atoms with Gasteiger partial charge >= 0.3 is 0 Å². The van der Waals surface area contributed by atoms with Crippen molar-refractivity contribution in [2.45, 2.75) is 30.7 Å². The second-order valence-corrected chi connectivity index (χ2v) is 8.24. The van der Waals surface area contributed by atoms with Crippen molar-refractivity contribution >= 4 is 35.2 Å². The Kier molecular flexibility index (Phi) is 5.13. The second kappa shape index (κ2) is 7.19. The molecule has 3 amide bonds. The average molecular weight is 377 g/mol. The average Bonchev–Trinajstić information content (AvgIpc) is 3.10. The van der Waals surface area contributed by atoms with Crippen molar-refractivity contribution in [3.63, 3.8) is 0 Å². The van der Waals surface area contributed by atoms with Crippen molar-refractivity contribution in [3.05, 3.63) is 24.3 Å². The largest absolute Gasteiger partial charge is 0.497 e. The lowest BCUT2D eigenvalue weighted by molar-refractivity contribution is -0.143. The summed E-state index contributed by atoms with van der Waals surface area (Å²) in [4.78, 5) is 40.0. The van der Waals surface area contributed by atoms with Crippen LogP contribution >= 0.6 is 11.8 Å². The van der Waals surface area contributed by atoms with Crippen molar-refractivity contribution in [1.29, 1.82) is 0 Å². The van der Waals surface area contributed by atoms with Crippen LogP contribution in [0.25, 0.3) is 0 Å². The van der Waals surface area contributed by atoms with Crippen molar-refractivity contribution < 1.29 is 19.1 Å². The predicted octanol–water partition coefficient (Wildman–Crippen LogP) is 1.55. The zero-order chi connectivity index (χ0) is 18.9. The van der Waals surface area contributed by atoms with Gasteiger partial charge in [-0.1, -0.05) is 6.07 Å². The number of amides is 3. The number of hydrogen-bond donors (Lipinski definition) is 1. The molecule has 2 atom stereocenters. The molecule has 1 aromatic rings. The molecule has 2 aliphatic heterocycles. The van der Waals surface area contributed by atoms with Gasteiger partial charge in [-0.05, 0) is 25.5 Å². The van der Waals surface area contributed by atoms with Crippen LogP contribution in [-0.4, -0.2) is 64.9 Å². The minimum Gasteiger partial charge on any atom is -0.497 e. The molecule has 2 heterocycles. The molecule has 1 aromatic carbocycles. The van der Waals surface area contributed by atoms with Crippen LogP contribution in [0.5, 0.6) is 5.75 Å². The van der Waals surface area contributed by atoms with Crippen LogP contribution < -0.4 is 10.1 Å². The smallest absolute Gasteiger partial charge is 0.246 e. The summed E-state index contributed by atoms with van der Waals surface area (Å²) in [5, 5.41) is 2.76. The van der Waals surface area contributed by atoms with Crippen LogP contribution in [0.2, 0.25) is 0 Å². The molecule has 2 aliphatic rings. The van der Waals surface area contributed by atoms with E-state index >= 15 is 0 Å². The summed E-state index contributed by atoms with van der Waals surface area (Å²) < 4.78 is 5.13. The van der Waals surface area contributed by atoms with Gasteiger partial charge in [-0.2, -0.15) is 0 Å². The van der Waals surface area contributed by atoms with E-state index in [-0.39, 0.29) is 29.1 Å². The highest BCUT2D eigenvalue weighted by molar-refractivity contribution is 8.01. The number of benzene rings is 1. The van der Waals surface area contributed by atoms with Crippen LogP contribution in [0.1, 0.15) is 19.8 Å². The van der Waals surface area contributed by atoms with Crippen molar-refractivity contribution in [2.24, 2.45) is 0 Å². The zero-order valence-electron chi connectivity index (χ0n) is 15.2. The number of likely N-dealkylation sites (N-methyl/N-ethyl adjacent to an activating group) is 1. The van der Waals surface area contributed by atoms with Gasteiger partial charge in [-0.3, -0.25) is 14.4 Å². The number of hydrogen-bond acceptors (Lipinski definition) is 5. The molecule has 2 fully saturated rings. The number of thioether (sulfide) groups is 1. The van der Waals surface area contributed by atoms with Crippen LogP contribution in [0.4, 0.5) is 5.69 Å². The lowest BCUT2D eigenvalue weighted by Crippen LogP contribution is -2.51. The van der Waals surface area contributed by atoms with E-state index in [9.17, 15) is 14.4 Å². The zero-order valence-corrected chi connectivity index (χ0v) is 16.0. The van der Waals surface area contributed by atoms with Crippen LogP contribution in [0.3, 0.4) is 0 Å². The molecular formula is C18H23N3O4S. The first-order chi connectivity index (χ1) is 12.3. The fraction of sp³-hybridized carbons (Fsp3) is 0.500. The standard InChI is InChI=1S/C18H23N3O4S/c1-18-8-7-16(23)21(18)14(11-26-18)17(24)20(2)10-15(22)19-12-5-4-6-13(9-12)25-3/h4-6,9,14H,7-8,10-11H2,1-3H3,(H,19,22). The quantitative estimate of drug-likeness (QED) is 0.842. The summed E-state index contributed by atoms with van der Waals surface area (Å²) >= 11 is 1.64. The molecule has 0 aromatic heterocycles.